The Balaban J connectivity index is 0.00000162. The minimum Gasteiger partial charge on any atom is -0.394 e. The number of hydrogen-bond acceptors (Lipinski definition) is 6. The van der Waals surface area contributed by atoms with Gasteiger partial charge in [-0.1, -0.05) is 0 Å². The molecule has 0 aliphatic carbocycles. The first kappa shape index (κ1) is 15.1. The molecular formula is C9H12FeN2O6. The molecule has 0 saturated carbocycles. The molecule has 1 aromatic rings. The summed E-state index contributed by atoms with van der Waals surface area (Å²) in [7, 11) is 0. The van der Waals surface area contributed by atoms with Gasteiger partial charge in [0.15, 0.2) is 6.23 Å². The normalized spacial score (nSPS) is 31.1. The van der Waals surface area contributed by atoms with Gasteiger partial charge in [0.1, 0.15) is 18.3 Å². The van der Waals surface area contributed by atoms with Crippen LogP contribution in [0, 0.1) is 0 Å². The molecule has 4 atom stereocenters. The monoisotopic (exact) mass is 300 g/mol. The number of hydrogen-bond donors (Lipinski definition) is 4. The van der Waals surface area contributed by atoms with E-state index in [0.29, 0.717) is 0 Å². The Morgan fingerprint density at radius 1 is 1.33 bits per heavy atom. The molecule has 1 fully saturated rings. The van der Waals surface area contributed by atoms with Crippen LogP contribution >= 0.6 is 0 Å². The van der Waals surface area contributed by atoms with E-state index >= 15 is 0 Å². The molecule has 0 bridgehead atoms. The van der Waals surface area contributed by atoms with Crippen LogP contribution in [0.25, 0.3) is 0 Å². The first-order chi connectivity index (χ1) is 8.04. The Hall–Kier alpha value is -0.961. The molecule has 1 aromatic heterocycles. The number of aliphatic hydroxyl groups excluding tert-OH is 3. The molecule has 2 heterocycles. The van der Waals surface area contributed by atoms with Crippen molar-refractivity contribution in [3.05, 3.63) is 33.1 Å². The Morgan fingerprint density at radius 3 is 2.50 bits per heavy atom. The maximum atomic E-state index is 11.4. The van der Waals surface area contributed by atoms with E-state index in [-0.39, 0.29) is 17.1 Å². The average molecular weight is 300 g/mol. The Bertz CT molecular complexity index is 514. The smallest absolute Gasteiger partial charge is 0.330 e. The third-order valence-electron chi connectivity index (χ3n) is 2.64. The minimum atomic E-state index is -1.35. The van der Waals surface area contributed by atoms with Gasteiger partial charge in [0, 0.05) is 29.3 Å². The van der Waals surface area contributed by atoms with Gasteiger partial charge in [0.2, 0.25) is 0 Å². The van der Waals surface area contributed by atoms with E-state index in [1.807, 2.05) is 4.98 Å². The second-order valence-electron chi connectivity index (χ2n) is 3.75. The second kappa shape index (κ2) is 5.79. The molecule has 0 spiro atoms. The number of nitrogens with zero attached hydrogens (tertiary/aromatic N) is 1. The number of aliphatic hydroxyl groups is 3. The summed E-state index contributed by atoms with van der Waals surface area (Å²) >= 11 is 0. The van der Waals surface area contributed by atoms with Crippen LogP contribution in [0.1, 0.15) is 6.23 Å². The number of H-pyrrole nitrogens is 1. The Kier molecular flexibility index (Phi) is 4.85. The van der Waals surface area contributed by atoms with Crippen LogP contribution in [0.15, 0.2) is 21.9 Å². The Labute approximate surface area is 111 Å². The van der Waals surface area contributed by atoms with Gasteiger partial charge < -0.3 is 20.1 Å². The van der Waals surface area contributed by atoms with Crippen molar-refractivity contribution in [3.8, 4) is 0 Å². The maximum Gasteiger partial charge on any atom is 0.330 e. The molecule has 1 aliphatic heterocycles. The van der Waals surface area contributed by atoms with Gasteiger partial charge in [-0.15, -0.1) is 0 Å². The molecule has 0 aromatic carbocycles. The predicted molar refractivity (Wildman–Crippen MR) is 54.3 cm³/mol. The standard InChI is InChI=1S/C9H12N2O6.Fe/c12-3-4-6(14)7(15)8(17-4)11-2-1-5(13)10-9(11)16;/h1-2,4,6-8,12,14-15H,3H2,(H,10,13,16);/t4-,6?,7?,8-;/m0./s1. The van der Waals surface area contributed by atoms with E-state index in [4.69, 9.17) is 9.84 Å². The van der Waals surface area contributed by atoms with Gasteiger partial charge in [-0.05, 0) is 0 Å². The molecular weight excluding hydrogens is 288 g/mol. The SMILES string of the molecule is O=c1ccn([C@H]2O[C@@H](CO)C(O)C2O)c(=O)[nH]1.[Fe]. The summed E-state index contributed by atoms with van der Waals surface area (Å²) in [5.74, 6) is 0. The third kappa shape index (κ3) is 2.56. The number of nitrogens with one attached hydrogen (secondary N) is 1. The largest absolute Gasteiger partial charge is 0.394 e. The maximum absolute atomic E-state index is 11.4. The van der Waals surface area contributed by atoms with Crippen molar-refractivity contribution in [1.82, 2.24) is 9.55 Å². The average Bonchev–Trinajstić information content (AvgIpc) is 2.57. The van der Waals surface area contributed by atoms with Crippen molar-refractivity contribution in [1.29, 1.82) is 0 Å². The molecule has 102 valence electrons. The molecule has 2 unspecified atom stereocenters. The fourth-order valence-corrected chi connectivity index (χ4v) is 1.74. The molecule has 4 N–H and O–H groups in total. The van der Waals surface area contributed by atoms with Crippen molar-refractivity contribution < 1.29 is 37.1 Å². The van der Waals surface area contributed by atoms with Crippen LogP contribution in [0.2, 0.25) is 0 Å². The number of ether oxygens (including phenoxy) is 1. The quantitative estimate of drug-likeness (QED) is 0.436. The molecule has 1 aliphatic rings. The number of rotatable bonds is 2. The van der Waals surface area contributed by atoms with Crippen LogP contribution in [-0.4, -0.2) is 49.8 Å². The van der Waals surface area contributed by atoms with Crippen LogP contribution in [0.4, 0.5) is 0 Å². The summed E-state index contributed by atoms with van der Waals surface area (Å²) in [6.45, 7) is -0.479. The van der Waals surface area contributed by atoms with E-state index in [1.54, 1.807) is 0 Å². The van der Waals surface area contributed by atoms with Crippen molar-refractivity contribution in [2.75, 3.05) is 6.61 Å². The van der Waals surface area contributed by atoms with Crippen LogP contribution in [0.3, 0.4) is 0 Å². The second-order valence-corrected chi connectivity index (χ2v) is 3.75. The third-order valence-corrected chi connectivity index (χ3v) is 2.64. The van der Waals surface area contributed by atoms with Crippen LogP contribution in [0.5, 0.6) is 0 Å². The zero-order chi connectivity index (χ0) is 12.6. The van der Waals surface area contributed by atoms with E-state index in [0.717, 1.165) is 16.8 Å². The fourth-order valence-electron chi connectivity index (χ4n) is 1.74. The molecule has 2 rings (SSSR count). The van der Waals surface area contributed by atoms with Gasteiger partial charge in [-0.3, -0.25) is 14.3 Å². The summed E-state index contributed by atoms with van der Waals surface area (Å²) in [6, 6.07) is 1.09. The van der Waals surface area contributed by atoms with Gasteiger partial charge in [-0.2, -0.15) is 0 Å². The summed E-state index contributed by atoms with van der Waals surface area (Å²) < 4.78 is 6.08. The fraction of sp³-hybridized carbons (Fsp3) is 0.556. The molecule has 8 nitrogen and oxygen atoms in total. The van der Waals surface area contributed by atoms with E-state index in [2.05, 4.69) is 0 Å². The van der Waals surface area contributed by atoms with E-state index in [9.17, 15) is 19.8 Å². The van der Waals surface area contributed by atoms with Gasteiger partial charge in [0.25, 0.3) is 5.56 Å². The van der Waals surface area contributed by atoms with Crippen molar-refractivity contribution >= 4 is 0 Å². The summed E-state index contributed by atoms with van der Waals surface area (Å²) in [5.41, 5.74) is -1.33. The first-order valence-electron chi connectivity index (χ1n) is 4.98. The van der Waals surface area contributed by atoms with E-state index in [1.165, 1.54) is 0 Å². The topological polar surface area (TPSA) is 125 Å². The van der Waals surface area contributed by atoms with E-state index < -0.39 is 42.4 Å². The minimum absolute atomic E-state index is 0. The zero-order valence-corrected chi connectivity index (χ0v) is 10.1. The summed E-state index contributed by atoms with van der Waals surface area (Å²) in [4.78, 5) is 24.3. The molecule has 9 heteroatoms. The van der Waals surface area contributed by atoms with Crippen LogP contribution in [-0.2, 0) is 21.8 Å². The van der Waals surface area contributed by atoms with Crippen molar-refractivity contribution in [2.24, 2.45) is 0 Å². The zero-order valence-electron chi connectivity index (χ0n) is 9.04. The van der Waals surface area contributed by atoms with Gasteiger partial charge in [0.05, 0.1) is 6.61 Å². The summed E-state index contributed by atoms with van der Waals surface area (Å²) in [6.07, 6.45) is -3.58. The molecule has 1 saturated heterocycles. The van der Waals surface area contributed by atoms with Gasteiger partial charge in [-0.25, -0.2) is 4.79 Å². The molecule has 0 radical (unpaired) electrons. The van der Waals surface area contributed by atoms with Crippen molar-refractivity contribution in [3.63, 3.8) is 0 Å². The Morgan fingerprint density at radius 2 is 2.00 bits per heavy atom. The molecule has 18 heavy (non-hydrogen) atoms. The van der Waals surface area contributed by atoms with Crippen molar-refractivity contribution in [2.45, 2.75) is 24.5 Å². The predicted octanol–water partition coefficient (Wildman–Crippen LogP) is -2.85. The molecule has 0 amide bonds. The van der Waals surface area contributed by atoms with Crippen LogP contribution < -0.4 is 11.2 Å². The summed E-state index contributed by atoms with van der Waals surface area (Å²) in [5, 5.41) is 28.1. The number of aromatic amines is 1. The first-order valence-corrected chi connectivity index (χ1v) is 4.98. The number of aromatic nitrogens is 2. The van der Waals surface area contributed by atoms with Gasteiger partial charge >= 0.3 is 5.69 Å².